The molecule has 0 N–H and O–H groups in total. The molecule has 0 bridgehead atoms. The number of aromatic nitrogens is 1. The Morgan fingerprint density at radius 1 is 1.13 bits per heavy atom. The molecule has 8 nitrogen and oxygen atoms in total. The first-order chi connectivity index (χ1) is 15.0. The van der Waals surface area contributed by atoms with Crippen molar-refractivity contribution in [1.82, 2.24) is 9.88 Å². The van der Waals surface area contributed by atoms with Crippen LogP contribution in [0.4, 0.5) is 5.13 Å². The molecule has 1 fully saturated rings. The molecule has 162 valence electrons. The van der Waals surface area contributed by atoms with Crippen LogP contribution in [0, 0.1) is 0 Å². The number of fused-ring (bicyclic) bond motifs is 1. The number of anilines is 1. The van der Waals surface area contributed by atoms with Crippen LogP contribution in [0.1, 0.15) is 23.2 Å². The molecule has 1 aromatic heterocycles. The number of nitrogens with zero attached hydrogens (tertiary/aromatic N) is 3. The molecule has 1 aliphatic rings. The summed E-state index contributed by atoms with van der Waals surface area (Å²) < 4.78 is 17.1. The molecule has 0 radical (unpaired) electrons. The maximum absolute atomic E-state index is 13.7. The first-order valence-electron chi connectivity index (χ1n) is 9.81. The second-order valence-electron chi connectivity index (χ2n) is 7.01. The number of ether oxygens (including phenoxy) is 3. The Morgan fingerprint density at radius 3 is 2.42 bits per heavy atom. The van der Waals surface area contributed by atoms with E-state index in [0.717, 1.165) is 16.6 Å². The molecule has 0 unspecified atom stereocenters. The summed E-state index contributed by atoms with van der Waals surface area (Å²) in [6.07, 6.45) is 1.27. The molecule has 31 heavy (non-hydrogen) atoms. The number of thiazole rings is 1. The van der Waals surface area contributed by atoms with Crippen molar-refractivity contribution in [1.29, 1.82) is 0 Å². The number of benzene rings is 2. The fourth-order valence-electron chi connectivity index (χ4n) is 3.57. The predicted molar refractivity (Wildman–Crippen MR) is 118 cm³/mol. The number of methoxy groups -OCH3 is 3. The van der Waals surface area contributed by atoms with Crippen LogP contribution in [0.25, 0.3) is 10.2 Å². The van der Waals surface area contributed by atoms with Crippen LogP contribution < -0.4 is 19.1 Å². The minimum absolute atomic E-state index is 0.0313. The molecular weight excluding hydrogens is 418 g/mol. The number of amides is 2. The monoisotopic (exact) mass is 441 g/mol. The number of para-hydroxylation sites is 1. The largest absolute Gasteiger partial charge is 0.493 e. The summed E-state index contributed by atoms with van der Waals surface area (Å²) >= 11 is 1.41. The van der Waals surface area contributed by atoms with E-state index >= 15 is 0 Å². The molecular formula is C22H23N3O5S. The molecule has 0 atom stereocenters. The Morgan fingerprint density at radius 2 is 1.84 bits per heavy atom. The molecule has 4 rings (SSSR count). The second kappa shape index (κ2) is 8.81. The molecule has 0 aliphatic carbocycles. The van der Waals surface area contributed by atoms with Gasteiger partial charge in [-0.05, 0) is 30.7 Å². The van der Waals surface area contributed by atoms with E-state index in [1.165, 1.54) is 37.6 Å². The number of likely N-dealkylation sites (tertiary alicyclic amines) is 1. The average Bonchev–Trinajstić information content (AvgIpc) is 3.41. The zero-order valence-electron chi connectivity index (χ0n) is 17.6. The Bertz CT molecular complexity index is 1070. The van der Waals surface area contributed by atoms with Crippen molar-refractivity contribution in [2.75, 3.05) is 39.4 Å². The number of hydrogen-bond donors (Lipinski definition) is 0. The number of rotatable bonds is 7. The first-order valence-corrected chi connectivity index (χ1v) is 10.6. The summed E-state index contributed by atoms with van der Waals surface area (Å²) in [4.78, 5) is 33.8. The topological polar surface area (TPSA) is 81.2 Å². The average molecular weight is 442 g/mol. The van der Waals surface area contributed by atoms with Crippen LogP contribution in [0.15, 0.2) is 36.4 Å². The Balaban J connectivity index is 1.77. The van der Waals surface area contributed by atoms with Crippen molar-refractivity contribution in [3.63, 3.8) is 0 Å². The van der Waals surface area contributed by atoms with Crippen LogP contribution >= 0.6 is 11.3 Å². The zero-order chi connectivity index (χ0) is 22.0. The zero-order valence-corrected chi connectivity index (χ0v) is 18.4. The lowest BCUT2D eigenvalue weighted by molar-refractivity contribution is -0.127. The fourth-order valence-corrected chi connectivity index (χ4v) is 4.53. The lowest BCUT2D eigenvalue weighted by atomic mass is 10.1. The van der Waals surface area contributed by atoms with Gasteiger partial charge >= 0.3 is 0 Å². The maximum atomic E-state index is 13.7. The van der Waals surface area contributed by atoms with E-state index < -0.39 is 0 Å². The van der Waals surface area contributed by atoms with Gasteiger partial charge < -0.3 is 19.1 Å². The normalized spacial score (nSPS) is 13.5. The van der Waals surface area contributed by atoms with E-state index in [9.17, 15) is 9.59 Å². The van der Waals surface area contributed by atoms with Gasteiger partial charge in [0.15, 0.2) is 16.6 Å². The molecule has 2 heterocycles. The van der Waals surface area contributed by atoms with Crippen molar-refractivity contribution in [3.8, 4) is 17.2 Å². The molecule has 1 saturated heterocycles. The summed E-state index contributed by atoms with van der Waals surface area (Å²) in [5.74, 6) is 0.892. The molecule has 1 aliphatic heterocycles. The molecule has 3 aromatic rings. The van der Waals surface area contributed by atoms with Gasteiger partial charge in [-0.1, -0.05) is 23.5 Å². The highest BCUT2D eigenvalue weighted by molar-refractivity contribution is 7.22. The predicted octanol–water partition coefficient (Wildman–Crippen LogP) is 3.55. The van der Waals surface area contributed by atoms with E-state index in [2.05, 4.69) is 4.98 Å². The molecule has 2 aromatic carbocycles. The van der Waals surface area contributed by atoms with E-state index in [0.29, 0.717) is 40.9 Å². The van der Waals surface area contributed by atoms with Crippen molar-refractivity contribution >= 4 is 38.5 Å². The summed E-state index contributed by atoms with van der Waals surface area (Å²) in [6, 6.07) is 10.9. The highest BCUT2D eigenvalue weighted by Gasteiger charge is 2.29. The summed E-state index contributed by atoms with van der Waals surface area (Å²) in [6.45, 7) is 0.747. The molecule has 2 amide bonds. The second-order valence-corrected chi connectivity index (χ2v) is 8.02. The van der Waals surface area contributed by atoms with Crippen LogP contribution in [-0.2, 0) is 4.79 Å². The Labute approximate surface area is 183 Å². The van der Waals surface area contributed by atoms with Gasteiger partial charge in [0.05, 0.1) is 31.5 Å². The minimum atomic E-state index is -0.307. The van der Waals surface area contributed by atoms with Crippen LogP contribution in [0.2, 0.25) is 0 Å². The van der Waals surface area contributed by atoms with Crippen molar-refractivity contribution in [2.45, 2.75) is 12.8 Å². The van der Waals surface area contributed by atoms with Gasteiger partial charge in [-0.3, -0.25) is 14.5 Å². The van der Waals surface area contributed by atoms with E-state index in [1.807, 2.05) is 24.3 Å². The smallest absolute Gasteiger partial charge is 0.261 e. The molecule has 0 saturated carbocycles. The maximum Gasteiger partial charge on any atom is 0.261 e. The van der Waals surface area contributed by atoms with Gasteiger partial charge in [-0.25, -0.2) is 4.98 Å². The molecule has 9 heteroatoms. The van der Waals surface area contributed by atoms with Gasteiger partial charge in [-0.2, -0.15) is 0 Å². The van der Waals surface area contributed by atoms with Crippen molar-refractivity contribution in [2.24, 2.45) is 0 Å². The number of carbonyl (C=O) groups is 2. The highest BCUT2D eigenvalue weighted by atomic mass is 32.1. The summed E-state index contributed by atoms with van der Waals surface area (Å²) in [7, 11) is 4.51. The summed E-state index contributed by atoms with van der Waals surface area (Å²) in [5, 5.41) is 0.527. The summed E-state index contributed by atoms with van der Waals surface area (Å²) in [5.41, 5.74) is 1.15. The van der Waals surface area contributed by atoms with Gasteiger partial charge in [0.2, 0.25) is 11.7 Å². The lowest BCUT2D eigenvalue weighted by Crippen LogP contribution is -2.42. The Kier molecular flexibility index (Phi) is 5.94. The Hall–Kier alpha value is -3.33. The van der Waals surface area contributed by atoms with Gasteiger partial charge in [0.25, 0.3) is 5.91 Å². The third-order valence-corrected chi connectivity index (χ3v) is 6.21. The van der Waals surface area contributed by atoms with Crippen molar-refractivity contribution in [3.05, 3.63) is 42.0 Å². The van der Waals surface area contributed by atoms with Gasteiger partial charge in [0.1, 0.15) is 6.67 Å². The number of hydrogen-bond acceptors (Lipinski definition) is 7. The quantitative estimate of drug-likeness (QED) is 0.558. The van der Waals surface area contributed by atoms with Crippen LogP contribution in [0.5, 0.6) is 17.2 Å². The number of carbonyl (C=O) groups excluding carboxylic acids is 2. The van der Waals surface area contributed by atoms with Gasteiger partial charge in [-0.15, -0.1) is 0 Å². The first kappa shape index (κ1) is 20.9. The SMILES string of the molecule is COc1cc(C(=O)N(CN2CCCC2=O)c2nc3ccccc3s2)cc(OC)c1OC. The third kappa shape index (κ3) is 4.00. The lowest BCUT2D eigenvalue weighted by Gasteiger charge is -2.26. The van der Waals surface area contributed by atoms with E-state index in [-0.39, 0.29) is 18.5 Å². The van der Waals surface area contributed by atoms with Crippen LogP contribution in [-0.4, -0.2) is 56.2 Å². The van der Waals surface area contributed by atoms with Crippen LogP contribution in [0.3, 0.4) is 0 Å². The van der Waals surface area contributed by atoms with E-state index in [4.69, 9.17) is 14.2 Å². The standard InChI is InChI=1S/C22H23N3O5S/c1-28-16-11-14(12-17(29-2)20(16)30-3)21(27)25(13-24-10-6-9-19(24)26)22-23-15-7-4-5-8-18(15)31-22/h4-5,7-8,11-12H,6,9-10,13H2,1-3H3. The highest BCUT2D eigenvalue weighted by Crippen LogP contribution is 2.39. The van der Waals surface area contributed by atoms with Crippen molar-refractivity contribution < 1.29 is 23.8 Å². The third-order valence-electron chi connectivity index (χ3n) is 5.15. The molecule has 0 spiro atoms. The van der Waals surface area contributed by atoms with Gasteiger partial charge in [0, 0.05) is 18.5 Å². The minimum Gasteiger partial charge on any atom is -0.493 e. The fraction of sp³-hybridized carbons (Fsp3) is 0.318. The van der Waals surface area contributed by atoms with E-state index in [1.54, 1.807) is 17.0 Å².